The first-order chi connectivity index (χ1) is 45.9. The Balaban J connectivity index is 0.000000158. The van der Waals surface area contributed by atoms with Crippen LogP contribution in [0.3, 0.4) is 0 Å². The zero-order chi connectivity index (χ0) is 70.0. The molecule has 12 rings (SSSR count). The summed E-state index contributed by atoms with van der Waals surface area (Å²) in [6.45, 7) is 5.22. The zero-order valence-electron chi connectivity index (χ0n) is 53.0. The SMILES string of the molecule is C=S1(=O)N[C@@H](c2cc(-c3cnn(CC)c3)cs2)C[C@@H](C(=O)Nc2ccc(F)c(Cl)c2)N1C.C=S1(=O)N[C@@H](c2cc(-c3cnn(CCO)c3)cs2)C[C@@H](C(=O)Nc2ccc(F)c(Cl)c2)N1C.C=S1(=O)N[C@@H](c2ccc(-c3cnn(C)c3C)s2)C[C@@H](C(=O)Nc2ccc(F)c(Cl)c2)N1C. The molecule has 3 amide bonds. The van der Waals surface area contributed by atoms with Gasteiger partial charge in [0.1, 0.15) is 35.6 Å². The quantitative estimate of drug-likeness (QED) is 0.0478. The number of benzene rings is 3. The summed E-state index contributed by atoms with van der Waals surface area (Å²) in [5.74, 6) is 8.61. The lowest BCUT2D eigenvalue weighted by Crippen LogP contribution is -2.55. The number of rotatable bonds is 15. The van der Waals surface area contributed by atoms with Gasteiger partial charge in [0.05, 0.1) is 94.6 Å². The van der Waals surface area contributed by atoms with E-state index in [0.717, 1.165) is 59.6 Å². The third-order valence-electron chi connectivity index (χ3n) is 16.5. The fourth-order valence-corrected chi connectivity index (χ4v) is 18.9. The molecule has 3 saturated heterocycles. The number of aryl methyl sites for hydroxylation is 2. The van der Waals surface area contributed by atoms with Crippen LogP contribution in [-0.2, 0) is 64.2 Å². The van der Waals surface area contributed by atoms with Gasteiger partial charge in [0.2, 0.25) is 17.7 Å². The summed E-state index contributed by atoms with van der Waals surface area (Å²) in [4.78, 5) is 43.0. The smallest absolute Gasteiger partial charge is 0.242 e. The van der Waals surface area contributed by atoms with Crippen molar-refractivity contribution in [1.29, 1.82) is 0 Å². The summed E-state index contributed by atoms with van der Waals surface area (Å²) in [5, 5.41) is 33.8. The first kappa shape index (κ1) is 73.0. The Labute approximate surface area is 587 Å². The number of carbonyl (C=O) groups excluding carboxylic acids is 3. The van der Waals surface area contributed by atoms with Crippen LogP contribution in [0.5, 0.6) is 0 Å². The van der Waals surface area contributed by atoms with Gasteiger partial charge in [-0.2, -0.15) is 15.3 Å². The van der Waals surface area contributed by atoms with E-state index in [0.29, 0.717) is 42.9 Å². The number of halogens is 6. The fraction of sp³-hybridized carbons (Fsp3) is 0.286. The molecular formula is C63H69Cl3F3N15O7S6. The summed E-state index contributed by atoms with van der Waals surface area (Å²) >= 11 is 22.0. The molecule has 3 fully saturated rings. The van der Waals surface area contributed by atoms with Gasteiger partial charge in [0.25, 0.3) is 0 Å². The maximum atomic E-state index is 13.4. The summed E-state index contributed by atoms with van der Waals surface area (Å²) in [5.41, 5.74) is 7.03. The molecule has 7 N–H and O–H groups in total. The van der Waals surface area contributed by atoms with E-state index < -0.39 is 65.3 Å². The summed E-state index contributed by atoms with van der Waals surface area (Å²) in [6.07, 6.45) is 10.3. The number of likely N-dealkylation sites (N-methyl/N-ethyl adjacent to an activating group) is 3. The minimum absolute atomic E-state index is 0.000950. The summed E-state index contributed by atoms with van der Waals surface area (Å²) in [6, 6.07) is 16.7. The molecule has 0 radical (unpaired) electrons. The predicted octanol–water partition coefficient (Wildman–Crippen LogP) is 10.6. The topological polar surface area (TPSA) is 258 Å². The van der Waals surface area contributed by atoms with Gasteiger partial charge in [-0.05, 0) is 151 Å². The van der Waals surface area contributed by atoms with E-state index in [1.165, 1.54) is 90.2 Å². The van der Waals surface area contributed by atoms with Gasteiger partial charge in [-0.3, -0.25) is 28.4 Å². The third kappa shape index (κ3) is 16.9. The van der Waals surface area contributed by atoms with Crippen molar-refractivity contribution in [2.24, 2.45) is 7.05 Å². The molecule has 3 aliphatic heterocycles. The molecule has 3 unspecified atom stereocenters. The van der Waals surface area contributed by atoms with Crippen molar-refractivity contribution in [3.05, 3.63) is 173 Å². The Bertz CT molecular complexity index is 4750. The van der Waals surface area contributed by atoms with Crippen molar-refractivity contribution in [2.75, 3.05) is 43.7 Å². The van der Waals surface area contributed by atoms with E-state index in [2.05, 4.69) is 63.0 Å². The van der Waals surface area contributed by atoms with E-state index in [4.69, 9.17) is 39.9 Å². The maximum absolute atomic E-state index is 13.4. The van der Waals surface area contributed by atoms with Crippen LogP contribution in [0.15, 0.2) is 121 Å². The third-order valence-corrected chi connectivity index (χ3v) is 26.2. The van der Waals surface area contributed by atoms with Crippen molar-refractivity contribution >= 4 is 151 Å². The number of carbonyl (C=O) groups is 3. The van der Waals surface area contributed by atoms with Crippen LogP contribution in [0.4, 0.5) is 30.2 Å². The number of aliphatic hydroxyl groups excluding tert-OH is 1. The molecule has 9 atom stereocenters. The lowest BCUT2D eigenvalue weighted by Gasteiger charge is -2.39. The zero-order valence-corrected chi connectivity index (χ0v) is 60.2. The molecule has 0 saturated carbocycles. The average Bonchev–Trinajstić information content (AvgIpc) is 1.77. The molecule has 9 heterocycles. The lowest BCUT2D eigenvalue weighted by atomic mass is 10.0. The van der Waals surface area contributed by atoms with Crippen molar-refractivity contribution in [2.45, 2.75) is 82.5 Å². The van der Waals surface area contributed by atoms with Crippen LogP contribution in [0, 0.1) is 24.4 Å². The predicted molar refractivity (Wildman–Crippen MR) is 387 cm³/mol. The van der Waals surface area contributed by atoms with Gasteiger partial charge >= 0.3 is 0 Å². The van der Waals surface area contributed by atoms with E-state index >= 15 is 0 Å². The molecule has 22 nitrogen and oxygen atoms in total. The Hall–Kier alpha value is -6.76. The molecule has 0 bridgehead atoms. The second-order valence-corrected chi connectivity index (χ2v) is 33.4. The standard InChI is InChI=1S/C21H23ClFN5O3S2.2C21H23ClFN5O2S2/c1-27-19(21(30)25-15-3-4-17(23)16(22)8-15)9-18(26-33(27,2)31)20-7-13(12-32-20)14-10-24-28(11-14)5-6-29;1-12-14(11-24-27(12)2)19-7-8-20(31-19)17-10-18(28(3)32(4,30)26-17)21(29)25-13-5-6-16(23)15(22)9-13;1-4-28-11-14(10-24-28)13-7-20(31-12-13)18-9-19(27(2)32(3,30)26-18)21(29)25-15-5-6-17(23)16(22)8-15/h3-4,7-8,10-12,18-19,29H,2,5-6,9H2,1H3,(H,25,30)(H,26,31);5-9,11,17-18H,4,10H2,1-3H3,(H,25,29)(H,26,30);5-8,10-12,18-19H,3-4,9H2,1-2H3,(H,25,29)(H,26,30)/t18-,19+,33?;17-,18+,32?;18-,19+,32?/m111/s1. The van der Waals surface area contributed by atoms with Gasteiger partial charge in [-0.1, -0.05) is 34.8 Å². The number of nitrogens with one attached hydrogen (secondary N) is 6. The second-order valence-electron chi connectivity index (χ2n) is 22.9. The monoisotopic (exact) mass is 1500 g/mol. The number of aliphatic hydroxyl groups is 1. The van der Waals surface area contributed by atoms with E-state index in [-0.39, 0.29) is 57.5 Å². The largest absolute Gasteiger partial charge is 0.394 e. The summed E-state index contributed by atoms with van der Waals surface area (Å²) < 4.78 is 98.7. The summed E-state index contributed by atoms with van der Waals surface area (Å²) in [7, 11) is -2.04. The van der Waals surface area contributed by atoms with Crippen molar-refractivity contribution in [3.63, 3.8) is 0 Å². The normalized spacial score (nSPS) is 23.8. The minimum Gasteiger partial charge on any atom is -0.394 e. The van der Waals surface area contributed by atoms with E-state index in [1.54, 1.807) is 43.4 Å². The number of aromatic nitrogens is 6. The highest BCUT2D eigenvalue weighted by atomic mass is 35.5. The molecule has 0 aliphatic carbocycles. The van der Waals surface area contributed by atoms with E-state index in [1.807, 2.05) is 90.1 Å². The van der Waals surface area contributed by atoms with Gasteiger partial charge in [-0.15, -0.1) is 34.0 Å². The Morgan fingerprint density at radius 2 is 0.969 bits per heavy atom. The number of hydrogen-bond acceptors (Lipinski definition) is 13. The number of anilines is 3. The molecule has 34 heteroatoms. The Morgan fingerprint density at radius 1 is 0.577 bits per heavy atom. The molecule has 516 valence electrons. The number of amides is 3. The molecular weight excluding hydrogens is 1430 g/mol. The highest BCUT2D eigenvalue weighted by Crippen LogP contribution is 2.40. The van der Waals surface area contributed by atoms with Gasteiger partial charge in [0, 0.05) is 106 Å². The van der Waals surface area contributed by atoms with E-state index in [9.17, 15) is 40.2 Å². The van der Waals surface area contributed by atoms with Gasteiger partial charge in [0.15, 0.2) is 0 Å². The lowest BCUT2D eigenvalue weighted by molar-refractivity contribution is -0.120. The molecule has 97 heavy (non-hydrogen) atoms. The van der Waals surface area contributed by atoms with Crippen LogP contribution in [0.25, 0.3) is 32.7 Å². The van der Waals surface area contributed by atoms with Crippen molar-refractivity contribution < 1.29 is 45.3 Å². The fourth-order valence-electron chi connectivity index (χ4n) is 10.8. The molecule has 6 aromatic heterocycles. The highest BCUT2D eigenvalue weighted by molar-refractivity contribution is 7.97. The van der Waals surface area contributed by atoms with Crippen LogP contribution >= 0.6 is 68.8 Å². The molecule has 3 aromatic carbocycles. The maximum Gasteiger partial charge on any atom is 0.242 e. The van der Waals surface area contributed by atoms with Crippen LogP contribution in [0.2, 0.25) is 15.1 Å². The Morgan fingerprint density at radius 3 is 1.33 bits per heavy atom. The first-order valence-electron chi connectivity index (χ1n) is 29.7. The van der Waals surface area contributed by atoms with Crippen LogP contribution < -0.4 is 30.1 Å². The Kier molecular flexibility index (Phi) is 22.9. The first-order valence-corrected chi connectivity index (χ1v) is 38.5. The highest BCUT2D eigenvalue weighted by Gasteiger charge is 2.41. The molecule has 0 spiro atoms. The van der Waals surface area contributed by atoms with Crippen LogP contribution in [-0.4, -0.2) is 141 Å². The van der Waals surface area contributed by atoms with Crippen molar-refractivity contribution in [1.82, 2.24) is 56.4 Å². The minimum atomic E-state index is -2.92. The number of nitrogens with zero attached hydrogens (tertiary/aromatic N) is 9. The molecule has 9 aromatic rings. The molecule has 3 aliphatic rings. The van der Waals surface area contributed by atoms with Crippen molar-refractivity contribution in [3.8, 4) is 32.7 Å². The van der Waals surface area contributed by atoms with Gasteiger partial charge in [-0.25, -0.2) is 52.9 Å². The number of hydrogen-bond donors (Lipinski definition) is 7. The van der Waals surface area contributed by atoms with Crippen LogP contribution in [0.1, 0.15) is 64.6 Å². The second kappa shape index (κ2) is 30.4. The number of thiophene rings is 3. The van der Waals surface area contributed by atoms with Gasteiger partial charge < -0.3 is 21.1 Å². The average molecular weight is 1500 g/mol.